The number of hydrogen-bond acceptors (Lipinski definition) is 0. The Morgan fingerprint density at radius 2 is 0.594 bits per heavy atom. The molecule has 0 amide bonds. The van der Waals surface area contributed by atoms with Gasteiger partial charge >= 0.3 is 0 Å². The van der Waals surface area contributed by atoms with Gasteiger partial charge < -0.3 is 0 Å². The molecule has 0 nitrogen and oxygen atoms in total. The van der Waals surface area contributed by atoms with Gasteiger partial charge in [0.2, 0.25) is 0 Å². The number of benzene rings is 3. The molecule has 3 aromatic carbocycles. The Bertz CT molecular complexity index is 832. The van der Waals surface area contributed by atoms with Gasteiger partial charge in [-0.1, -0.05) is 139 Å². The molecule has 0 heteroatoms. The maximum absolute atomic E-state index is 2.53. The molecule has 0 spiro atoms. The Morgan fingerprint density at radius 3 is 0.812 bits per heavy atom. The minimum Gasteiger partial charge on any atom is -0.0622 e. The summed E-state index contributed by atoms with van der Waals surface area (Å²) < 4.78 is 0. The van der Waals surface area contributed by atoms with Gasteiger partial charge in [-0.25, -0.2) is 0 Å². The molecule has 0 bridgehead atoms. The van der Waals surface area contributed by atoms with Crippen molar-refractivity contribution in [1.29, 1.82) is 0 Å². The Morgan fingerprint density at radius 1 is 0.375 bits per heavy atom. The van der Waals surface area contributed by atoms with Gasteiger partial charge in [-0.3, -0.25) is 0 Å². The van der Waals surface area contributed by atoms with Gasteiger partial charge in [-0.05, 0) is 57.6 Å². The highest BCUT2D eigenvalue weighted by Gasteiger charge is 2.42. The van der Waals surface area contributed by atoms with Crippen molar-refractivity contribution in [1.82, 2.24) is 0 Å². The van der Waals surface area contributed by atoms with Crippen LogP contribution in [0.5, 0.6) is 0 Å². The van der Waals surface area contributed by atoms with Crippen LogP contribution in [-0.4, -0.2) is 0 Å². The third kappa shape index (κ3) is 5.91. The van der Waals surface area contributed by atoms with Gasteiger partial charge in [-0.15, -0.1) is 0 Å². The Labute approximate surface area is 197 Å². The molecule has 0 aliphatic heterocycles. The first-order chi connectivity index (χ1) is 14.9. The molecular weight excluding hydrogens is 384 g/mol. The van der Waals surface area contributed by atoms with Crippen LogP contribution in [0, 0.1) is 5.41 Å². The Hall–Kier alpha value is -2.34. The van der Waals surface area contributed by atoms with Crippen LogP contribution in [0.15, 0.2) is 91.0 Å². The SMILES string of the molecule is CC(CC(C)(C)c1ccccc1)(CC(C)(C)c1ccccc1)CC(C)(C)c1ccccc1. The summed E-state index contributed by atoms with van der Waals surface area (Å²) in [6.45, 7) is 17.1. The maximum atomic E-state index is 2.53. The summed E-state index contributed by atoms with van der Waals surface area (Å²) in [6.07, 6.45) is 3.45. The molecular formula is C32H42. The molecule has 0 N–H and O–H groups in total. The second kappa shape index (κ2) is 9.26. The summed E-state index contributed by atoms with van der Waals surface area (Å²) in [4.78, 5) is 0. The molecule has 32 heavy (non-hydrogen) atoms. The molecule has 170 valence electrons. The Kier molecular flexibility index (Phi) is 7.03. The first-order valence-corrected chi connectivity index (χ1v) is 12.1. The van der Waals surface area contributed by atoms with Crippen LogP contribution in [-0.2, 0) is 16.2 Å². The molecule has 0 saturated carbocycles. The molecule has 3 rings (SSSR count). The van der Waals surface area contributed by atoms with E-state index in [0.717, 1.165) is 19.3 Å². The van der Waals surface area contributed by atoms with E-state index in [-0.39, 0.29) is 21.7 Å². The standard InChI is InChI=1S/C32H42/c1-29(2,26-17-11-8-12-18-26)23-32(7,24-30(3,4)27-19-13-9-14-20-27)25-31(5,6)28-21-15-10-16-22-28/h8-22H,23-25H2,1-7H3. The molecule has 0 heterocycles. The quantitative estimate of drug-likeness (QED) is 0.320. The van der Waals surface area contributed by atoms with E-state index in [1.165, 1.54) is 16.7 Å². The molecule has 0 radical (unpaired) electrons. The van der Waals surface area contributed by atoms with Crippen LogP contribution in [0.1, 0.15) is 84.4 Å². The van der Waals surface area contributed by atoms with Crippen molar-refractivity contribution in [3.63, 3.8) is 0 Å². The van der Waals surface area contributed by atoms with E-state index in [4.69, 9.17) is 0 Å². The third-order valence-corrected chi connectivity index (χ3v) is 7.27. The van der Waals surface area contributed by atoms with Crippen molar-refractivity contribution in [3.05, 3.63) is 108 Å². The second-order valence-electron chi connectivity index (χ2n) is 12.1. The van der Waals surface area contributed by atoms with Crippen molar-refractivity contribution < 1.29 is 0 Å². The minimum atomic E-state index is 0.107. The Balaban J connectivity index is 1.98. The first kappa shape index (κ1) is 24.3. The predicted molar refractivity (Wildman–Crippen MR) is 140 cm³/mol. The average molecular weight is 427 g/mol. The minimum absolute atomic E-state index is 0.107. The summed E-state index contributed by atoms with van der Waals surface area (Å²) >= 11 is 0. The van der Waals surface area contributed by atoms with Gasteiger partial charge in [0.25, 0.3) is 0 Å². The monoisotopic (exact) mass is 426 g/mol. The fourth-order valence-corrected chi connectivity index (χ4v) is 6.36. The van der Waals surface area contributed by atoms with E-state index < -0.39 is 0 Å². The van der Waals surface area contributed by atoms with E-state index in [1.807, 2.05) is 0 Å². The highest BCUT2D eigenvalue weighted by molar-refractivity contribution is 5.28. The predicted octanol–water partition coefficient (Wildman–Crippen LogP) is 9.10. The van der Waals surface area contributed by atoms with Crippen molar-refractivity contribution in [3.8, 4) is 0 Å². The van der Waals surface area contributed by atoms with E-state index in [0.29, 0.717) is 0 Å². The summed E-state index contributed by atoms with van der Waals surface area (Å²) in [7, 11) is 0. The molecule has 0 atom stereocenters. The highest BCUT2D eigenvalue weighted by atomic mass is 14.5. The van der Waals surface area contributed by atoms with Gasteiger partial charge in [0.1, 0.15) is 0 Å². The summed E-state index contributed by atoms with van der Waals surface area (Å²) in [5.74, 6) is 0. The van der Waals surface area contributed by atoms with Crippen molar-refractivity contribution in [2.75, 3.05) is 0 Å². The van der Waals surface area contributed by atoms with E-state index in [1.54, 1.807) is 0 Å². The van der Waals surface area contributed by atoms with E-state index in [2.05, 4.69) is 139 Å². The van der Waals surface area contributed by atoms with Crippen LogP contribution in [0.25, 0.3) is 0 Å². The zero-order valence-corrected chi connectivity index (χ0v) is 21.3. The third-order valence-electron chi connectivity index (χ3n) is 7.27. The average Bonchev–Trinajstić information content (AvgIpc) is 2.74. The van der Waals surface area contributed by atoms with Gasteiger partial charge in [0.15, 0.2) is 0 Å². The van der Waals surface area contributed by atoms with Crippen LogP contribution in [0.2, 0.25) is 0 Å². The van der Waals surface area contributed by atoms with Crippen LogP contribution in [0.3, 0.4) is 0 Å². The van der Waals surface area contributed by atoms with E-state index in [9.17, 15) is 0 Å². The lowest BCUT2D eigenvalue weighted by Gasteiger charge is -2.46. The lowest BCUT2D eigenvalue weighted by Crippen LogP contribution is -2.38. The van der Waals surface area contributed by atoms with Gasteiger partial charge in [0, 0.05) is 0 Å². The molecule has 0 unspecified atom stereocenters. The largest absolute Gasteiger partial charge is 0.0622 e. The fourth-order valence-electron chi connectivity index (χ4n) is 6.36. The number of hydrogen-bond donors (Lipinski definition) is 0. The van der Waals surface area contributed by atoms with Crippen molar-refractivity contribution in [2.45, 2.75) is 84.0 Å². The summed E-state index contributed by atoms with van der Waals surface area (Å²) in [6, 6.07) is 33.2. The molecule has 3 aromatic rings. The molecule has 0 saturated heterocycles. The zero-order chi connectivity index (χ0) is 23.5. The van der Waals surface area contributed by atoms with E-state index >= 15 is 0 Å². The summed E-state index contributed by atoms with van der Waals surface area (Å²) in [5, 5.41) is 0. The fraction of sp³-hybridized carbons (Fsp3) is 0.438. The van der Waals surface area contributed by atoms with Crippen molar-refractivity contribution >= 4 is 0 Å². The normalized spacial score (nSPS) is 13.2. The lowest BCUT2D eigenvalue weighted by molar-refractivity contribution is 0.127. The van der Waals surface area contributed by atoms with Crippen LogP contribution >= 0.6 is 0 Å². The molecule has 0 fully saturated rings. The van der Waals surface area contributed by atoms with Crippen molar-refractivity contribution in [2.24, 2.45) is 5.41 Å². The molecule has 0 aromatic heterocycles. The lowest BCUT2D eigenvalue weighted by atomic mass is 9.58. The highest BCUT2D eigenvalue weighted by Crippen LogP contribution is 2.50. The van der Waals surface area contributed by atoms with Crippen LogP contribution in [0.4, 0.5) is 0 Å². The van der Waals surface area contributed by atoms with Gasteiger partial charge in [-0.2, -0.15) is 0 Å². The van der Waals surface area contributed by atoms with Crippen LogP contribution < -0.4 is 0 Å². The summed E-state index contributed by atoms with van der Waals surface area (Å²) in [5.41, 5.74) is 4.78. The molecule has 0 aliphatic carbocycles. The zero-order valence-electron chi connectivity index (χ0n) is 21.3. The number of rotatable bonds is 9. The first-order valence-electron chi connectivity index (χ1n) is 12.1. The smallest absolute Gasteiger partial charge is 0.00984 e. The topological polar surface area (TPSA) is 0 Å². The van der Waals surface area contributed by atoms with Gasteiger partial charge in [0.05, 0.1) is 0 Å². The molecule has 0 aliphatic rings. The second-order valence-corrected chi connectivity index (χ2v) is 12.1. The maximum Gasteiger partial charge on any atom is -0.00984 e.